The fraction of sp³-hybridized carbons (Fsp3) is 0.500. The maximum absolute atomic E-state index is 15.2. The Bertz CT molecular complexity index is 1000. The van der Waals surface area contributed by atoms with Crippen molar-refractivity contribution in [3.63, 3.8) is 0 Å². The number of rotatable bonds is 4. The number of benzene rings is 1. The van der Waals surface area contributed by atoms with E-state index in [1.54, 1.807) is 4.57 Å². The fourth-order valence-electron chi connectivity index (χ4n) is 3.99. The number of halogens is 1. The molecule has 0 unspecified atom stereocenters. The lowest BCUT2D eigenvalue weighted by atomic mass is 10.1. The molecule has 1 aromatic carbocycles. The number of fused-ring (bicyclic) bond motifs is 1. The van der Waals surface area contributed by atoms with Gasteiger partial charge in [-0.3, -0.25) is 4.79 Å². The minimum atomic E-state index is -1.31. The van der Waals surface area contributed by atoms with Gasteiger partial charge in [0.2, 0.25) is 5.43 Å². The number of hydrogen-bond acceptors (Lipinski definition) is 5. The number of aromatic nitrogens is 1. The van der Waals surface area contributed by atoms with Crippen LogP contribution >= 0.6 is 0 Å². The number of ether oxygens (including phenoxy) is 1. The van der Waals surface area contributed by atoms with Gasteiger partial charge >= 0.3 is 5.97 Å². The maximum Gasteiger partial charge on any atom is 0.341 e. The number of carbonyl (C=O) groups is 1. The summed E-state index contributed by atoms with van der Waals surface area (Å²) in [5.41, 5.74) is -0.195. The molecule has 0 radical (unpaired) electrons. The topological polar surface area (TPSA) is 107 Å². The predicted octanol–water partition coefficient (Wildman–Crippen LogP) is 1.50. The lowest BCUT2D eigenvalue weighted by Gasteiger charge is -2.27. The van der Waals surface area contributed by atoms with E-state index in [0.29, 0.717) is 30.0 Å². The number of anilines is 1. The molecule has 8 nitrogen and oxygen atoms in total. The van der Waals surface area contributed by atoms with Crippen LogP contribution in [0.1, 0.15) is 35.7 Å². The molecule has 158 valence electrons. The molecule has 0 bridgehead atoms. The van der Waals surface area contributed by atoms with E-state index < -0.39 is 17.2 Å². The van der Waals surface area contributed by atoms with Crippen molar-refractivity contribution < 1.29 is 24.5 Å². The van der Waals surface area contributed by atoms with Crippen molar-refractivity contribution in [3.8, 4) is 5.75 Å². The molecule has 1 aliphatic heterocycles. The second kappa shape index (κ2) is 8.00. The van der Waals surface area contributed by atoms with Gasteiger partial charge < -0.3 is 29.7 Å². The van der Waals surface area contributed by atoms with Crippen molar-refractivity contribution in [2.75, 3.05) is 45.2 Å². The lowest BCUT2D eigenvalue weighted by molar-refractivity contribution is 0.0695. The smallest absolute Gasteiger partial charge is 0.341 e. The van der Waals surface area contributed by atoms with Crippen LogP contribution in [0.3, 0.4) is 0 Å². The zero-order valence-electron chi connectivity index (χ0n) is 16.6. The normalized spacial score (nSPS) is 17.7. The molecule has 4 rings (SSSR count). The summed E-state index contributed by atoms with van der Waals surface area (Å²) in [7, 11) is 3.50. The van der Waals surface area contributed by atoms with Crippen molar-refractivity contribution in [1.82, 2.24) is 9.47 Å². The third kappa shape index (κ3) is 3.67. The monoisotopic (exact) mass is 407 g/mol. The first-order valence-corrected chi connectivity index (χ1v) is 9.54. The zero-order chi connectivity index (χ0) is 20.0. The van der Waals surface area contributed by atoms with Crippen molar-refractivity contribution in [1.29, 1.82) is 0 Å². The minimum Gasteiger partial charge on any atom is -0.492 e. The first-order valence-electron chi connectivity index (χ1n) is 9.54. The molecule has 1 saturated heterocycles. The standard InChI is InChI=1S/C20H24FN3O4.H2O/c1-22-6-3-7-23(9-8-22)17-15(21)10-13-16(19(17)28-2)24(12-4-5-12)11-14(18(13)25)20(26)27;/h10-12H,3-9H2,1-2H3,(H,26,27);1H2. The lowest BCUT2D eigenvalue weighted by Crippen LogP contribution is -2.30. The largest absolute Gasteiger partial charge is 0.492 e. The van der Waals surface area contributed by atoms with Gasteiger partial charge in [-0.15, -0.1) is 0 Å². The van der Waals surface area contributed by atoms with E-state index in [2.05, 4.69) is 4.90 Å². The molecule has 2 heterocycles. The van der Waals surface area contributed by atoms with Crippen LogP contribution in [-0.2, 0) is 0 Å². The Morgan fingerprint density at radius 1 is 1.24 bits per heavy atom. The Hall–Kier alpha value is -2.65. The Morgan fingerprint density at radius 2 is 1.97 bits per heavy atom. The molecule has 1 aromatic heterocycles. The van der Waals surface area contributed by atoms with Gasteiger partial charge in [0.15, 0.2) is 11.6 Å². The van der Waals surface area contributed by atoms with Gasteiger partial charge in [-0.05, 0) is 38.9 Å². The highest BCUT2D eigenvalue weighted by Crippen LogP contribution is 2.43. The number of nitrogens with zero attached hydrogens (tertiary/aromatic N) is 3. The molecule has 1 saturated carbocycles. The van der Waals surface area contributed by atoms with Crippen LogP contribution in [0.5, 0.6) is 5.75 Å². The van der Waals surface area contributed by atoms with E-state index in [4.69, 9.17) is 4.74 Å². The number of pyridine rings is 1. The summed E-state index contributed by atoms with van der Waals surface area (Å²) >= 11 is 0. The van der Waals surface area contributed by atoms with Crippen molar-refractivity contribution >= 4 is 22.6 Å². The Kier molecular flexibility index (Phi) is 5.81. The average Bonchev–Trinajstić information content (AvgIpc) is 3.50. The molecule has 0 amide bonds. The first kappa shape index (κ1) is 21.1. The van der Waals surface area contributed by atoms with E-state index in [9.17, 15) is 14.7 Å². The third-order valence-corrected chi connectivity index (χ3v) is 5.61. The minimum absolute atomic E-state index is 0. The van der Waals surface area contributed by atoms with Crippen molar-refractivity contribution in [3.05, 3.63) is 33.9 Å². The van der Waals surface area contributed by atoms with Gasteiger partial charge in [0.05, 0.1) is 18.0 Å². The van der Waals surface area contributed by atoms with Gasteiger partial charge in [-0.2, -0.15) is 0 Å². The summed E-state index contributed by atoms with van der Waals surface area (Å²) in [5.74, 6) is -1.56. The van der Waals surface area contributed by atoms with E-state index in [-0.39, 0.29) is 22.5 Å². The van der Waals surface area contributed by atoms with Gasteiger partial charge in [0.1, 0.15) is 11.3 Å². The molecule has 2 aromatic rings. The number of likely N-dealkylation sites (N-methyl/N-ethyl adjacent to an activating group) is 1. The van der Waals surface area contributed by atoms with E-state index in [1.807, 2.05) is 11.9 Å². The Balaban J connectivity index is 0.00000240. The number of hydrogen-bond donors (Lipinski definition) is 1. The second-order valence-corrected chi connectivity index (χ2v) is 7.60. The van der Waals surface area contributed by atoms with E-state index >= 15 is 4.39 Å². The quantitative estimate of drug-likeness (QED) is 0.823. The summed E-state index contributed by atoms with van der Waals surface area (Å²) < 4.78 is 22.6. The molecule has 9 heteroatoms. The van der Waals surface area contributed by atoms with Gasteiger partial charge in [-0.1, -0.05) is 0 Å². The first-order chi connectivity index (χ1) is 13.4. The average molecular weight is 407 g/mol. The fourth-order valence-corrected chi connectivity index (χ4v) is 3.99. The Labute approximate surface area is 167 Å². The third-order valence-electron chi connectivity index (χ3n) is 5.61. The maximum atomic E-state index is 15.2. The highest BCUT2D eigenvalue weighted by Gasteiger charge is 2.31. The molecule has 0 spiro atoms. The molecular weight excluding hydrogens is 381 g/mol. The molecule has 1 aliphatic carbocycles. The number of methoxy groups -OCH3 is 1. The van der Waals surface area contributed by atoms with E-state index in [0.717, 1.165) is 32.4 Å². The highest BCUT2D eigenvalue weighted by atomic mass is 19.1. The van der Waals surface area contributed by atoms with Crippen LogP contribution in [0.4, 0.5) is 10.1 Å². The summed E-state index contributed by atoms with van der Waals surface area (Å²) in [6, 6.07) is 1.28. The predicted molar refractivity (Wildman–Crippen MR) is 108 cm³/mol. The Morgan fingerprint density at radius 3 is 2.59 bits per heavy atom. The van der Waals surface area contributed by atoms with Crippen molar-refractivity contribution in [2.45, 2.75) is 25.3 Å². The van der Waals surface area contributed by atoms with Gasteiger partial charge in [0, 0.05) is 31.9 Å². The van der Waals surface area contributed by atoms with Gasteiger partial charge in [0.25, 0.3) is 0 Å². The van der Waals surface area contributed by atoms with E-state index in [1.165, 1.54) is 19.4 Å². The zero-order valence-corrected chi connectivity index (χ0v) is 16.6. The number of carboxylic acid groups (broad SMARTS) is 1. The second-order valence-electron chi connectivity index (χ2n) is 7.60. The van der Waals surface area contributed by atoms with Crippen LogP contribution in [0.25, 0.3) is 10.9 Å². The SMILES string of the molecule is COc1c(N2CCCN(C)CC2)c(F)cc2c(=O)c(C(=O)O)cn(C3CC3)c12.O. The molecule has 2 fully saturated rings. The van der Waals surface area contributed by atoms with Crippen LogP contribution in [-0.4, -0.2) is 66.4 Å². The summed E-state index contributed by atoms with van der Waals surface area (Å²) in [6.45, 7) is 3.07. The molecule has 3 N–H and O–H groups in total. The van der Waals surface area contributed by atoms with Crippen LogP contribution in [0.15, 0.2) is 17.1 Å². The van der Waals surface area contributed by atoms with Crippen LogP contribution in [0, 0.1) is 5.82 Å². The molecule has 2 aliphatic rings. The van der Waals surface area contributed by atoms with Crippen LogP contribution < -0.4 is 15.1 Å². The highest BCUT2D eigenvalue weighted by molar-refractivity contribution is 5.97. The number of aromatic carboxylic acids is 1. The summed E-state index contributed by atoms with van der Waals surface area (Å²) in [6.07, 6.45) is 4.05. The van der Waals surface area contributed by atoms with Gasteiger partial charge in [-0.25, -0.2) is 9.18 Å². The summed E-state index contributed by atoms with van der Waals surface area (Å²) in [4.78, 5) is 28.4. The molecule has 0 atom stereocenters. The van der Waals surface area contributed by atoms with Crippen LogP contribution in [0.2, 0.25) is 0 Å². The number of carboxylic acids is 1. The summed E-state index contributed by atoms with van der Waals surface area (Å²) in [5, 5.41) is 9.46. The molecule has 29 heavy (non-hydrogen) atoms. The molecular formula is C20H26FN3O5. The van der Waals surface area contributed by atoms with Crippen molar-refractivity contribution in [2.24, 2.45) is 0 Å².